The van der Waals surface area contributed by atoms with Gasteiger partial charge in [0.25, 0.3) is 9.05 Å². The lowest BCUT2D eigenvalue weighted by Crippen LogP contribution is -1.98. The number of rotatable bonds is 2. The highest BCUT2D eigenvalue weighted by atomic mass is 35.7. The first kappa shape index (κ1) is 9.21. The fourth-order valence-corrected chi connectivity index (χ4v) is 1.17. The summed E-state index contributed by atoms with van der Waals surface area (Å²) in [6.07, 6.45) is 2.28. The van der Waals surface area contributed by atoms with Crippen LogP contribution >= 0.6 is 10.7 Å². The van der Waals surface area contributed by atoms with Crippen LogP contribution < -0.4 is 5.32 Å². The average molecular weight is 208 g/mol. The van der Waals surface area contributed by atoms with Crippen molar-refractivity contribution in [1.82, 2.24) is 9.97 Å². The van der Waals surface area contributed by atoms with Crippen LogP contribution in [0.4, 0.5) is 5.95 Å². The Balaban J connectivity index is 3.09. The van der Waals surface area contributed by atoms with Crippen molar-refractivity contribution >= 4 is 25.7 Å². The van der Waals surface area contributed by atoms with Crippen molar-refractivity contribution in [3.05, 3.63) is 12.4 Å². The van der Waals surface area contributed by atoms with Gasteiger partial charge in [-0.05, 0) is 0 Å². The van der Waals surface area contributed by atoms with Crippen LogP contribution in [0.15, 0.2) is 17.3 Å². The zero-order chi connectivity index (χ0) is 9.19. The molecule has 0 spiro atoms. The number of halogens is 1. The van der Waals surface area contributed by atoms with Gasteiger partial charge >= 0.3 is 0 Å². The maximum atomic E-state index is 10.7. The maximum absolute atomic E-state index is 10.7. The molecule has 0 unspecified atom stereocenters. The highest BCUT2D eigenvalue weighted by Crippen LogP contribution is 2.12. The Labute approximate surface area is 74.2 Å². The summed E-state index contributed by atoms with van der Waals surface area (Å²) in [5, 5.41) is 2.65. The van der Waals surface area contributed by atoms with Crippen LogP contribution in [0.5, 0.6) is 0 Å². The van der Waals surface area contributed by atoms with Gasteiger partial charge in [-0.15, -0.1) is 0 Å². The second-order valence-electron chi connectivity index (χ2n) is 1.93. The molecular weight excluding hydrogens is 202 g/mol. The first-order valence-corrected chi connectivity index (χ1v) is 5.29. The zero-order valence-electron chi connectivity index (χ0n) is 6.15. The molecule has 1 rings (SSSR count). The Morgan fingerprint density at radius 2 is 1.92 bits per heavy atom. The standard InChI is InChI=1S/C5H6ClN3O2S/c1-7-5-8-2-4(3-9-5)12(6,10)11/h2-3H,1H3,(H,7,8,9). The van der Waals surface area contributed by atoms with E-state index in [2.05, 4.69) is 15.3 Å². The SMILES string of the molecule is CNc1ncc(S(=O)(=O)Cl)cn1. The van der Waals surface area contributed by atoms with E-state index in [1.165, 1.54) is 0 Å². The first-order chi connectivity index (χ1) is 5.54. The minimum absolute atomic E-state index is 0.108. The molecule has 0 radical (unpaired) electrons. The third-order valence-corrected chi connectivity index (χ3v) is 2.44. The Morgan fingerprint density at radius 1 is 1.42 bits per heavy atom. The second kappa shape index (κ2) is 3.24. The lowest BCUT2D eigenvalue weighted by atomic mass is 10.7. The maximum Gasteiger partial charge on any atom is 0.264 e. The molecule has 0 amide bonds. The van der Waals surface area contributed by atoms with Gasteiger partial charge in [0.05, 0.1) is 12.4 Å². The fraction of sp³-hybridized carbons (Fsp3) is 0.200. The lowest BCUT2D eigenvalue weighted by molar-refractivity contribution is 0.609. The van der Waals surface area contributed by atoms with Crippen LogP contribution in [0.3, 0.4) is 0 Å². The van der Waals surface area contributed by atoms with Crippen LogP contribution in [0.1, 0.15) is 0 Å². The Bertz CT molecular complexity index is 361. The summed E-state index contributed by atoms with van der Waals surface area (Å²) in [6, 6.07) is 0. The number of hydrogen-bond donors (Lipinski definition) is 1. The van der Waals surface area contributed by atoms with Gasteiger partial charge in [-0.1, -0.05) is 0 Å². The molecule has 0 saturated carbocycles. The molecule has 12 heavy (non-hydrogen) atoms. The van der Waals surface area contributed by atoms with Gasteiger partial charge in [0, 0.05) is 17.7 Å². The number of nitrogens with zero attached hydrogens (tertiary/aromatic N) is 2. The van der Waals surface area contributed by atoms with Gasteiger partial charge in [0.15, 0.2) is 0 Å². The first-order valence-electron chi connectivity index (χ1n) is 2.98. The highest BCUT2D eigenvalue weighted by molar-refractivity contribution is 8.13. The van der Waals surface area contributed by atoms with Crippen molar-refractivity contribution in [1.29, 1.82) is 0 Å². The van der Waals surface area contributed by atoms with Gasteiger partial charge in [-0.3, -0.25) is 0 Å². The molecule has 7 heteroatoms. The molecular formula is C5H6ClN3O2S. The molecule has 66 valence electrons. The van der Waals surface area contributed by atoms with E-state index >= 15 is 0 Å². The molecule has 0 bridgehead atoms. The summed E-state index contributed by atoms with van der Waals surface area (Å²) >= 11 is 0. The van der Waals surface area contributed by atoms with Crippen LogP contribution in [0.2, 0.25) is 0 Å². The Morgan fingerprint density at radius 3 is 2.25 bits per heavy atom. The second-order valence-corrected chi connectivity index (χ2v) is 4.50. The molecule has 0 aliphatic rings. The summed E-state index contributed by atoms with van der Waals surface area (Å²) in [7, 11) is 2.95. The molecule has 0 aromatic carbocycles. The number of anilines is 1. The molecule has 1 N–H and O–H groups in total. The van der Waals surface area contributed by atoms with E-state index in [1.54, 1.807) is 7.05 Å². The molecule has 0 atom stereocenters. The predicted octanol–water partition coefficient (Wildman–Crippen LogP) is 0.446. The van der Waals surface area contributed by atoms with Crippen LogP contribution in [0, 0.1) is 0 Å². The van der Waals surface area contributed by atoms with E-state index in [4.69, 9.17) is 10.7 Å². The minimum atomic E-state index is -3.71. The topological polar surface area (TPSA) is 72.0 Å². The quantitative estimate of drug-likeness (QED) is 0.713. The van der Waals surface area contributed by atoms with Crippen LogP contribution in [0.25, 0.3) is 0 Å². The third kappa shape index (κ3) is 2.05. The lowest BCUT2D eigenvalue weighted by Gasteiger charge is -1.97. The van der Waals surface area contributed by atoms with E-state index in [9.17, 15) is 8.42 Å². The molecule has 0 fully saturated rings. The van der Waals surface area contributed by atoms with E-state index < -0.39 is 9.05 Å². The molecule has 0 aliphatic carbocycles. The Kier molecular flexibility index (Phi) is 2.49. The van der Waals surface area contributed by atoms with Crippen molar-refractivity contribution in [2.75, 3.05) is 12.4 Å². The van der Waals surface area contributed by atoms with E-state index in [0.717, 1.165) is 12.4 Å². The van der Waals surface area contributed by atoms with Crippen LogP contribution in [-0.4, -0.2) is 25.4 Å². The monoisotopic (exact) mass is 207 g/mol. The molecule has 0 aliphatic heterocycles. The number of hydrogen-bond acceptors (Lipinski definition) is 5. The van der Waals surface area contributed by atoms with E-state index in [1.807, 2.05) is 0 Å². The summed E-state index contributed by atoms with van der Waals surface area (Å²) in [6.45, 7) is 0. The van der Waals surface area contributed by atoms with Gasteiger partial charge in [-0.2, -0.15) is 0 Å². The molecule has 5 nitrogen and oxygen atoms in total. The van der Waals surface area contributed by atoms with E-state index in [0.29, 0.717) is 5.95 Å². The molecule has 0 saturated heterocycles. The number of aromatic nitrogens is 2. The van der Waals surface area contributed by atoms with Crippen molar-refractivity contribution in [2.24, 2.45) is 0 Å². The van der Waals surface area contributed by atoms with Crippen molar-refractivity contribution in [3.63, 3.8) is 0 Å². The molecule has 1 aromatic rings. The largest absolute Gasteiger partial charge is 0.357 e. The Hall–Kier alpha value is -0.880. The predicted molar refractivity (Wildman–Crippen MR) is 44.6 cm³/mol. The summed E-state index contributed by atoms with van der Waals surface area (Å²) in [4.78, 5) is 7.25. The van der Waals surface area contributed by atoms with Crippen molar-refractivity contribution in [2.45, 2.75) is 4.90 Å². The smallest absolute Gasteiger partial charge is 0.264 e. The van der Waals surface area contributed by atoms with Crippen molar-refractivity contribution < 1.29 is 8.42 Å². The van der Waals surface area contributed by atoms with Crippen LogP contribution in [-0.2, 0) is 9.05 Å². The van der Waals surface area contributed by atoms with Gasteiger partial charge < -0.3 is 5.32 Å². The summed E-state index contributed by atoms with van der Waals surface area (Å²) < 4.78 is 21.4. The number of nitrogens with one attached hydrogen (secondary N) is 1. The fourth-order valence-electron chi connectivity index (χ4n) is 0.571. The summed E-state index contributed by atoms with van der Waals surface area (Å²) in [5.41, 5.74) is 0. The average Bonchev–Trinajstić information content (AvgIpc) is 2.03. The highest BCUT2D eigenvalue weighted by Gasteiger charge is 2.10. The van der Waals surface area contributed by atoms with Gasteiger partial charge in [0.1, 0.15) is 4.90 Å². The molecule has 1 heterocycles. The van der Waals surface area contributed by atoms with E-state index in [-0.39, 0.29) is 4.90 Å². The van der Waals surface area contributed by atoms with Crippen molar-refractivity contribution in [3.8, 4) is 0 Å². The van der Waals surface area contributed by atoms with Gasteiger partial charge in [-0.25, -0.2) is 18.4 Å². The molecule has 1 aromatic heterocycles. The normalized spacial score (nSPS) is 11.2. The minimum Gasteiger partial charge on any atom is -0.357 e. The third-order valence-electron chi connectivity index (χ3n) is 1.13. The zero-order valence-corrected chi connectivity index (χ0v) is 7.72. The summed E-state index contributed by atoms with van der Waals surface area (Å²) in [5.74, 6) is 0.346. The van der Waals surface area contributed by atoms with Gasteiger partial charge in [0.2, 0.25) is 5.95 Å².